The van der Waals surface area contributed by atoms with Gasteiger partial charge in [0.1, 0.15) is 18.2 Å². The van der Waals surface area contributed by atoms with Gasteiger partial charge in [-0.2, -0.15) is 0 Å². The highest BCUT2D eigenvalue weighted by molar-refractivity contribution is 7.13. The number of aliphatic hydroxyl groups excluding tert-OH is 1. The summed E-state index contributed by atoms with van der Waals surface area (Å²) in [7, 11) is 0. The minimum absolute atomic E-state index is 0.0670. The Hall–Kier alpha value is -3.57. The van der Waals surface area contributed by atoms with Gasteiger partial charge in [0.2, 0.25) is 11.8 Å². The fourth-order valence-electron chi connectivity index (χ4n) is 5.95. The van der Waals surface area contributed by atoms with E-state index in [2.05, 4.69) is 20.4 Å². The molecule has 3 aromatic rings. The molecule has 2 aliphatic heterocycles. The third kappa shape index (κ3) is 6.27. The summed E-state index contributed by atoms with van der Waals surface area (Å²) in [5.41, 5.74) is 4.83. The van der Waals surface area contributed by atoms with E-state index in [0.717, 1.165) is 40.8 Å². The summed E-state index contributed by atoms with van der Waals surface area (Å²) >= 11 is 1.59. The van der Waals surface area contributed by atoms with Crippen molar-refractivity contribution in [1.82, 2.24) is 20.4 Å². The molecule has 4 heterocycles. The summed E-state index contributed by atoms with van der Waals surface area (Å²) in [6.07, 6.45) is 1.91. The molecule has 10 nitrogen and oxygen atoms in total. The largest absolute Gasteiger partial charge is 0.391 e. The number of thiazole rings is 1. The Morgan fingerprint density at radius 1 is 1.17 bits per heavy atom. The molecule has 0 radical (unpaired) electrons. The molecule has 0 bridgehead atoms. The van der Waals surface area contributed by atoms with Crippen molar-refractivity contribution in [2.45, 2.75) is 71.1 Å². The number of nitrogens with zero attached hydrogens (tertiary/aromatic N) is 4. The molecule has 224 valence electrons. The van der Waals surface area contributed by atoms with Crippen molar-refractivity contribution in [3.63, 3.8) is 0 Å². The third-order valence-electron chi connectivity index (χ3n) is 8.45. The van der Waals surface area contributed by atoms with Crippen molar-refractivity contribution < 1.29 is 24.0 Å². The number of piperidine rings is 1. The SMILES string of the molecule is Cc1ncsc1-c1ccc([C@H](C)NC(=O)[C@@H]2C[C@@H](O)CN2C(=O)[C@@H](c2cc(N3CCC(C=O)CC3)no2)C(C)C)cc1. The lowest BCUT2D eigenvalue weighted by atomic mass is 9.91. The third-order valence-corrected chi connectivity index (χ3v) is 9.43. The van der Waals surface area contributed by atoms with Crippen molar-refractivity contribution in [2.24, 2.45) is 11.8 Å². The average Bonchev–Trinajstić information content (AvgIpc) is 3.73. The standard InChI is InChI=1S/C31H39N5O5S/c1-18(2)28(26-14-27(34-41-26)35-11-9-21(16-37)10-12-35)31(40)36-15-24(38)13-25(36)30(39)33-19(3)22-5-7-23(8-6-22)29-20(4)32-17-42-29/h5-8,14,16-19,21,24-25,28,38H,9-13,15H2,1-4H3,(H,33,39)/t19-,24+,25-,28+/m0/s1. The fraction of sp³-hybridized carbons (Fsp3) is 0.516. The molecule has 1 aromatic carbocycles. The van der Waals surface area contributed by atoms with E-state index < -0.39 is 18.1 Å². The molecule has 2 fully saturated rings. The van der Waals surface area contributed by atoms with E-state index in [-0.39, 0.29) is 42.7 Å². The number of benzene rings is 1. The number of amides is 2. The summed E-state index contributed by atoms with van der Waals surface area (Å²) in [4.78, 5) is 47.5. The summed E-state index contributed by atoms with van der Waals surface area (Å²) in [6.45, 7) is 9.23. The minimum atomic E-state index is -0.792. The Balaban J connectivity index is 1.27. The number of aldehydes is 1. The lowest BCUT2D eigenvalue weighted by molar-refractivity contribution is -0.141. The highest BCUT2D eigenvalue weighted by Crippen LogP contribution is 2.34. The highest BCUT2D eigenvalue weighted by atomic mass is 32.1. The Morgan fingerprint density at radius 3 is 2.50 bits per heavy atom. The van der Waals surface area contributed by atoms with Gasteiger partial charge in [-0.25, -0.2) is 4.98 Å². The normalized spacial score (nSPS) is 21.0. The van der Waals surface area contributed by atoms with Crippen molar-refractivity contribution in [1.29, 1.82) is 0 Å². The fourth-order valence-corrected chi connectivity index (χ4v) is 6.77. The molecule has 5 rings (SSSR count). The van der Waals surface area contributed by atoms with Crippen LogP contribution < -0.4 is 10.2 Å². The molecule has 11 heteroatoms. The van der Waals surface area contributed by atoms with Crippen LogP contribution in [-0.4, -0.2) is 70.0 Å². The highest BCUT2D eigenvalue weighted by Gasteiger charge is 2.43. The van der Waals surface area contributed by atoms with Gasteiger partial charge in [-0.15, -0.1) is 11.3 Å². The van der Waals surface area contributed by atoms with Gasteiger partial charge < -0.3 is 29.5 Å². The summed E-state index contributed by atoms with van der Waals surface area (Å²) in [6, 6.07) is 8.75. The Kier molecular flexibility index (Phi) is 9.08. The maximum Gasteiger partial charge on any atom is 0.243 e. The zero-order chi connectivity index (χ0) is 30.0. The van der Waals surface area contributed by atoms with Crippen LogP contribution in [-0.2, 0) is 14.4 Å². The van der Waals surface area contributed by atoms with E-state index in [4.69, 9.17) is 4.52 Å². The predicted molar refractivity (Wildman–Crippen MR) is 160 cm³/mol. The maximum absolute atomic E-state index is 13.9. The van der Waals surface area contributed by atoms with E-state index >= 15 is 0 Å². The minimum Gasteiger partial charge on any atom is -0.391 e. The maximum atomic E-state index is 13.9. The van der Waals surface area contributed by atoms with E-state index in [0.29, 0.717) is 24.7 Å². The Bertz CT molecular complexity index is 1390. The zero-order valence-corrected chi connectivity index (χ0v) is 25.3. The number of aryl methyl sites for hydroxylation is 1. The summed E-state index contributed by atoms with van der Waals surface area (Å²) in [5.74, 6) is -0.187. The number of carbonyl (C=O) groups excluding carboxylic acids is 3. The number of hydrogen-bond donors (Lipinski definition) is 2. The molecular formula is C31H39N5O5S. The summed E-state index contributed by atoms with van der Waals surface area (Å²) in [5, 5.41) is 17.8. The van der Waals surface area contributed by atoms with Gasteiger partial charge in [0.25, 0.3) is 0 Å². The number of β-amino-alcohol motifs (C(OH)–C–C–N with tert-alkyl or cyclic N) is 1. The first-order valence-corrected chi connectivity index (χ1v) is 15.5. The molecule has 2 N–H and O–H groups in total. The molecule has 2 aromatic heterocycles. The number of nitrogens with one attached hydrogen (secondary N) is 1. The quantitative estimate of drug-likeness (QED) is 0.355. The second kappa shape index (κ2) is 12.7. The van der Waals surface area contributed by atoms with Crippen molar-refractivity contribution in [3.05, 3.63) is 52.9 Å². The molecule has 2 amide bonds. The number of aliphatic hydroxyl groups is 1. The first kappa shape index (κ1) is 29.9. The molecular weight excluding hydrogens is 554 g/mol. The van der Waals surface area contributed by atoms with Crippen LogP contribution in [0.25, 0.3) is 10.4 Å². The van der Waals surface area contributed by atoms with Crippen molar-refractivity contribution in [2.75, 3.05) is 24.5 Å². The van der Waals surface area contributed by atoms with Gasteiger partial charge in [-0.05, 0) is 43.7 Å². The van der Waals surface area contributed by atoms with Crippen LogP contribution in [0, 0.1) is 18.8 Å². The molecule has 2 saturated heterocycles. The van der Waals surface area contributed by atoms with Gasteiger partial charge in [0, 0.05) is 38.0 Å². The molecule has 0 aliphatic carbocycles. The Labute approximate surface area is 250 Å². The van der Waals surface area contributed by atoms with Crippen LogP contribution in [0.1, 0.15) is 69.0 Å². The first-order valence-electron chi connectivity index (χ1n) is 14.6. The topological polar surface area (TPSA) is 129 Å². The van der Waals surface area contributed by atoms with Crippen molar-refractivity contribution >= 4 is 35.3 Å². The number of hydrogen-bond acceptors (Lipinski definition) is 9. The van der Waals surface area contributed by atoms with Crippen LogP contribution in [0.5, 0.6) is 0 Å². The zero-order valence-electron chi connectivity index (χ0n) is 24.5. The number of carbonyl (C=O) groups is 3. The predicted octanol–water partition coefficient (Wildman–Crippen LogP) is 4.10. The molecule has 0 saturated carbocycles. The van der Waals surface area contributed by atoms with Gasteiger partial charge in [0.15, 0.2) is 11.6 Å². The molecule has 42 heavy (non-hydrogen) atoms. The van der Waals surface area contributed by atoms with Gasteiger partial charge >= 0.3 is 0 Å². The second-order valence-electron chi connectivity index (χ2n) is 11.8. The Morgan fingerprint density at radius 2 is 1.88 bits per heavy atom. The molecule has 0 spiro atoms. The van der Waals surface area contributed by atoms with E-state index in [9.17, 15) is 19.5 Å². The number of aromatic nitrogens is 2. The molecule has 2 aliphatic rings. The summed E-state index contributed by atoms with van der Waals surface area (Å²) < 4.78 is 5.69. The lowest BCUT2D eigenvalue weighted by Crippen LogP contribution is -2.48. The number of likely N-dealkylation sites (tertiary alicyclic amines) is 1. The van der Waals surface area contributed by atoms with Gasteiger partial charge in [-0.3, -0.25) is 9.59 Å². The van der Waals surface area contributed by atoms with E-state index in [1.54, 1.807) is 17.4 Å². The lowest BCUT2D eigenvalue weighted by Gasteiger charge is -2.30. The van der Waals surface area contributed by atoms with Crippen LogP contribution in [0.3, 0.4) is 0 Å². The van der Waals surface area contributed by atoms with Crippen molar-refractivity contribution in [3.8, 4) is 10.4 Å². The number of anilines is 1. The van der Waals surface area contributed by atoms with E-state index in [1.807, 2.05) is 57.5 Å². The molecule has 4 atom stereocenters. The van der Waals surface area contributed by atoms with Gasteiger partial charge in [-0.1, -0.05) is 43.3 Å². The van der Waals surface area contributed by atoms with Gasteiger partial charge in [0.05, 0.1) is 28.2 Å². The van der Waals surface area contributed by atoms with E-state index in [1.165, 1.54) is 4.90 Å². The number of rotatable bonds is 9. The van der Waals surface area contributed by atoms with Crippen LogP contribution >= 0.6 is 11.3 Å². The first-order chi connectivity index (χ1) is 20.2. The molecule has 0 unspecified atom stereocenters. The second-order valence-corrected chi connectivity index (χ2v) is 12.6. The smallest absolute Gasteiger partial charge is 0.243 e. The monoisotopic (exact) mass is 593 g/mol. The van der Waals surface area contributed by atoms with Crippen LogP contribution in [0.15, 0.2) is 40.4 Å². The van der Waals surface area contributed by atoms with Crippen LogP contribution in [0.4, 0.5) is 5.82 Å². The average molecular weight is 594 g/mol. The van der Waals surface area contributed by atoms with Crippen LogP contribution in [0.2, 0.25) is 0 Å².